The average molecular weight is 185 g/mol. The minimum absolute atomic E-state index is 0.352. The smallest absolute Gasteiger partial charge is 0.0474 e. The van der Waals surface area contributed by atoms with E-state index in [2.05, 4.69) is 19.2 Å². The molecule has 2 N–H and O–H groups in total. The van der Waals surface area contributed by atoms with E-state index >= 15 is 0 Å². The molecule has 0 bridgehead atoms. The zero-order chi connectivity index (χ0) is 9.68. The van der Waals surface area contributed by atoms with E-state index < -0.39 is 0 Å². The summed E-state index contributed by atoms with van der Waals surface area (Å²) in [5.74, 6) is 0.491. The molecule has 0 aliphatic heterocycles. The topological polar surface area (TPSA) is 32.3 Å². The fourth-order valence-electron chi connectivity index (χ4n) is 2.25. The summed E-state index contributed by atoms with van der Waals surface area (Å²) in [5.41, 5.74) is 0. The van der Waals surface area contributed by atoms with E-state index in [0.717, 1.165) is 0 Å². The molecule has 1 fully saturated rings. The van der Waals surface area contributed by atoms with Gasteiger partial charge in [-0.05, 0) is 18.8 Å². The van der Waals surface area contributed by atoms with Crippen molar-refractivity contribution in [2.75, 3.05) is 6.61 Å². The van der Waals surface area contributed by atoms with Crippen LogP contribution in [0.3, 0.4) is 0 Å². The number of hydrogen-bond donors (Lipinski definition) is 2. The van der Waals surface area contributed by atoms with Crippen molar-refractivity contribution < 1.29 is 5.11 Å². The normalized spacial score (nSPS) is 30.5. The highest BCUT2D eigenvalue weighted by molar-refractivity contribution is 4.80. The minimum atomic E-state index is 0.352. The molecule has 2 heteroatoms. The van der Waals surface area contributed by atoms with Gasteiger partial charge < -0.3 is 10.4 Å². The molecule has 13 heavy (non-hydrogen) atoms. The van der Waals surface area contributed by atoms with E-state index in [4.69, 9.17) is 0 Å². The summed E-state index contributed by atoms with van der Waals surface area (Å²) in [4.78, 5) is 0. The van der Waals surface area contributed by atoms with Gasteiger partial charge in [0.05, 0.1) is 0 Å². The first-order valence-electron chi connectivity index (χ1n) is 5.61. The Hall–Kier alpha value is -0.0800. The van der Waals surface area contributed by atoms with Crippen LogP contribution in [0.2, 0.25) is 0 Å². The Morgan fingerprint density at radius 1 is 1.23 bits per heavy atom. The van der Waals surface area contributed by atoms with Crippen molar-refractivity contribution in [2.45, 2.75) is 58.0 Å². The Morgan fingerprint density at radius 3 is 2.54 bits per heavy atom. The maximum absolute atomic E-state index is 9.26. The van der Waals surface area contributed by atoms with Gasteiger partial charge in [0.2, 0.25) is 0 Å². The maximum Gasteiger partial charge on any atom is 0.0474 e. The molecule has 1 aliphatic carbocycles. The third-order valence-electron chi connectivity index (χ3n) is 2.94. The Balaban J connectivity index is 2.44. The molecule has 0 heterocycles. The van der Waals surface area contributed by atoms with E-state index in [1.807, 2.05) is 0 Å². The molecule has 1 aliphatic rings. The van der Waals surface area contributed by atoms with Gasteiger partial charge in [-0.1, -0.05) is 33.1 Å². The summed E-state index contributed by atoms with van der Waals surface area (Å²) < 4.78 is 0. The van der Waals surface area contributed by atoms with Gasteiger partial charge in [0.15, 0.2) is 0 Å². The first-order chi connectivity index (χ1) is 6.24. The van der Waals surface area contributed by atoms with E-state index in [9.17, 15) is 5.11 Å². The fraction of sp³-hybridized carbons (Fsp3) is 1.00. The summed E-state index contributed by atoms with van der Waals surface area (Å²) in [6.07, 6.45) is 6.39. The standard InChI is InChI=1S/C11H23NO/c1-9(2)12-11-7-5-3-4-6-10(11)8-13/h9-13H,3-8H2,1-2H3. The molecule has 0 saturated heterocycles. The molecule has 0 amide bonds. The lowest BCUT2D eigenvalue weighted by Gasteiger charge is -2.26. The van der Waals surface area contributed by atoms with Crippen LogP contribution < -0.4 is 5.32 Å². The molecule has 0 aromatic rings. The molecule has 0 aromatic heterocycles. The van der Waals surface area contributed by atoms with Crippen molar-refractivity contribution in [3.05, 3.63) is 0 Å². The number of nitrogens with one attached hydrogen (secondary N) is 1. The summed E-state index contributed by atoms with van der Waals surface area (Å²) >= 11 is 0. The van der Waals surface area contributed by atoms with Gasteiger partial charge >= 0.3 is 0 Å². The molecule has 2 atom stereocenters. The van der Waals surface area contributed by atoms with Crippen LogP contribution in [0.1, 0.15) is 46.0 Å². The van der Waals surface area contributed by atoms with Gasteiger partial charge in [0, 0.05) is 18.7 Å². The van der Waals surface area contributed by atoms with E-state index in [1.54, 1.807) is 0 Å². The SMILES string of the molecule is CC(C)NC1CCCCCC1CO. The second-order valence-corrected chi connectivity index (χ2v) is 4.51. The van der Waals surface area contributed by atoms with Crippen molar-refractivity contribution in [1.82, 2.24) is 5.32 Å². The van der Waals surface area contributed by atoms with Crippen LogP contribution in [0.25, 0.3) is 0 Å². The van der Waals surface area contributed by atoms with Crippen LogP contribution >= 0.6 is 0 Å². The van der Waals surface area contributed by atoms with Crippen LogP contribution in [0, 0.1) is 5.92 Å². The number of aliphatic hydroxyl groups excluding tert-OH is 1. The molecule has 0 radical (unpaired) electrons. The fourth-order valence-corrected chi connectivity index (χ4v) is 2.25. The second-order valence-electron chi connectivity index (χ2n) is 4.51. The Kier molecular flexibility index (Phi) is 4.74. The largest absolute Gasteiger partial charge is 0.396 e. The van der Waals surface area contributed by atoms with Crippen LogP contribution in [-0.4, -0.2) is 23.8 Å². The first kappa shape index (κ1) is 11.0. The van der Waals surface area contributed by atoms with E-state index in [1.165, 1.54) is 32.1 Å². The van der Waals surface area contributed by atoms with Gasteiger partial charge in [-0.2, -0.15) is 0 Å². The highest BCUT2D eigenvalue weighted by atomic mass is 16.3. The quantitative estimate of drug-likeness (QED) is 0.658. The molecular weight excluding hydrogens is 162 g/mol. The van der Waals surface area contributed by atoms with E-state index in [0.29, 0.717) is 24.6 Å². The van der Waals surface area contributed by atoms with Gasteiger partial charge in [0.1, 0.15) is 0 Å². The molecule has 0 spiro atoms. The predicted molar refractivity (Wildman–Crippen MR) is 55.7 cm³/mol. The minimum Gasteiger partial charge on any atom is -0.396 e. The summed E-state index contributed by atoms with van der Waals surface area (Å²) in [6, 6.07) is 1.09. The third-order valence-corrected chi connectivity index (χ3v) is 2.94. The lowest BCUT2D eigenvalue weighted by Crippen LogP contribution is -2.41. The van der Waals surface area contributed by atoms with E-state index in [-0.39, 0.29) is 0 Å². The molecule has 1 saturated carbocycles. The van der Waals surface area contributed by atoms with Crippen molar-refractivity contribution >= 4 is 0 Å². The predicted octanol–water partition coefficient (Wildman–Crippen LogP) is 1.93. The van der Waals surface area contributed by atoms with Crippen LogP contribution in [0.5, 0.6) is 0 Å². The van der Waals surface area contributed by atoms with Crippen LogP contribution in [0.4, 0.5) is 0 Å². The molecule has 2 nitrogen and oxygen atoms in total. The van der Waals surface area contributed by atoms with Gasteiger partial charge in [-0.3, -0.25) is 0 Å². The Bertz CT molecular complexity index is 136. The van der Waals surface area contributed by atoms with Crippen LogP contribution in [0.15, 0.2) is 0 Å². The van der Waals surface area contributed by atoms with Crippen LogP contribution in [-0.2, 0) is 0 Å². The summed E-state index contributed by atoms with van der Waals surface area (Å²) in [7, 11) is 0. The molecule has 1 rings (SSSR count). The van der Waals surface area contributed by atoms with Crippen molar-refractivity contribution in [3.8, 4) is 0 Å². The second kappa shape index (κ2) is 5.61. The monoisotopic (exact) mass is 185 g/mol. The lowest BCUT2D eigenvalue weighted by molar-refractivity contribution is 0.177. The first-order valence-corrected chi connectivity index (χ1v) is 5.61. The molecule has 0 aromatic carbocycles. The van der Waals surface area contributed by atoms with Gasteiger partial charge in [0.25, 0.3) is 0 Å². The highest BCUT2D eigenvalue weighted by Gasteiger charge is 2.22. The van der Waals surface area contributed by atoms with Gasteiger partial charge in [-0.25, -0.2) is 0 Å². The summed E-state index contributed by atoms with van der Waals surface area (Å²) in [5, 5.41) is 12.8. The Labute approximate surface area is 81.7 Å². The number of hydrogen-bond acceptors (Lipinski definition) is 2. The zero-order valence-corrected chi connectivity index (χ0v) is 8.92. The van der Waals surface area contributed by atoms with Gasteiger partial charge in [-0.15, -0.1) is 0 Å². The number of aliphatic hydroxyl groups is 1. The lowest BCUT2D eigenvalue weighted by atomic mass is 9.95. The number of rotatable bonds is 3. The molecule has 2 unspecified atom stereocenters. The molecular formula is C11H23NO. The van der Waals surface area contributed by atoms with Crippen molar-refractivity contribution in [2.24, 2.45) is 5.92 Å². The summed E-state index contributed by atoms with van der Waals surface area (Å²) in [6.45, 7) is 4.71. The maximum atomic E-state index is 9.26. The van der Waals surface area contributed by atoms with Crippen molar-refractivity contribution in [1.29, 1.82) is 0 Å². The average Bonchev–Trinajstić information content (AvgIpc) is 2.28. The molecule has 78 valence electrons. The highest BCUT2D eigenvalue weighted by Crippen LogP contribution is 2.23. The van der Waals surface area contributed by atoms with Crippen molar-refractivity contribution in [3.63, 3.8) is 0 Å². The third kappa shape index (κ3) is 3.65. The Morgan fingerprint density at radius 2 is 1.92 bits per heavy atom. The zero-order valence-electron chi connectivity index (χ0n) is 8.92.